The van der Waals surface area contributed by atoms with Gasteiger partial charge in [0.1, 0.15) is 12.4 Å². The zero-order valence-corrected chi connectivity index (χ0v) is 15.3. The zero-order chi connectivity index (χ0) is 16.8. The SMILES string of the molecule is Cc1n(CCCCCCCCCCCCN)cc[n+]1CCCN. The third-order valence-corrected chi connectivity index (χ3v) is 4.71. The first-order chi connectivity index (χ1) is 11.3. The number of rotatable bonds is 15. The molecule has 0 aromatic carbocycles. The summed E-state index contributed by atoms with van der Waals surface area (Å²) in [6, 6.07) is 0. The molecular formula is C19H39N4+. The second-order valence-electron chi connectivity index (χ2n) is 6.70. The van der Waals surface area contributed by atoms with Gasteiger partial charge >= 0.3 is 0 Å². The molecule has 0 radical (unpaired) electrons. The molecule has 134 valence electrons. The molecule has 23 heavy (non-hydrogen) atoms. The van der Waals surface area contributed by atoms with E-state index in [1.54, 1.807) is 0 Å². The second kappa shape index (κ2) is 13.6. The molecule has 0 amide bonds. The highest BCUT2D eigenvalue weighted by Crippen LogP contribution is 2.11. The Balaban J connectivity index is 1.98. The van der Waals surface area contributed by atoms with E-state index in [0.29, 0.717) is 0 Å². The predicted octanol–water partition coefficient (Wildman–Crippen LogP) is 3.29. The predicted molar refractivity (Wildman–Crippen MR) is 98.3 cm³/mol. The van der Waals surface area contributed by atoms with Gasteiger partial charge in [-0.3, -0.25) is 0 Å². The smallest absolute Gasteiger partial charge is 0.253 e. The summed E-state index contributed by atoms with van der Waals surface area (Å²) in [5.41, 5.74) is 11.1. The molecule has 0 atom stereocenters. The van der Waals surface area contributed by atoms with Crippen LogP contribution in [0.4, 0.5) is 0 Å². The molecule has 0 saturated carbocycles. The summed E-state index contributed by atoms with van der Waals surface area (Å²) in [5, 5.41) is 0. The molecule has 4 nitrogen and oxygen atoms in total. The van der Waals surface area contributed by atoms with Crippen molar-refractivity contribution in [2.24, 2.45) is 11.5 Å². The van der Waals surface area contributed by atoms with Crippen LogP contribution in [0.1, 0.15) is 76.5 Å². The van der Waals surface area contributed by atoms with Gasteiger partial charge in [-0.2, -0.15) is 0 Å². The van der Waals surface area contributed by atoms with Crippen LogP contribution in [0, 0.1) is 6.92 Å². The molecule has 1 aromatic heterocycles. The van der Waals surface area contributed by atoms with Gasteiger partial charge in [0.2, 0.25) is 0 Å². The van der Waals surface area contributed by atoms with Crippen LogP contribution in [0.15, 0.2) is 12.4 Å². The van der Waals surface area contributed by atoms with Crippen molar-refractivity contribution in [2.45, 2.75) is 90.6 Å². The topological polar surface area (TPSA) is 60.8 Å². The number of imidazole rings is 1. The standard InChI is InChI=1S/C19H39N4/c1-19-22(17-18-23(19)16-12-14-21)15-11-9-7-5-3-2-4-6-8-10-13-20/h17-18H,2-16,20-21H2,1H3/q+1. The first-order valence-corrected chi connectivity index (χ1v) is 9.75. The van der Waals surface area contributed by atoms with Crippen LogP contribution in [0.3, 0.4) is 0 Å². The van der Waals surface area contributed by atoms with E-state index in [2.05, 4.69) is 28.5 Å². The highest BCUT2D eigenvalue weighted by Gasteiger charge is 2.10. The molecule has 0 saturated heterocycles. The van der Waals surface area contributed by atoms with Crippen molar-refractivity contribution in [3.8, 4) is 0 Å². The molecule has 4 N–H and O–H groups in total. The van der Waals surface area contributed by atoms with Gasteiger partial charge in [0.25, 0.3) is 5.82 Å². The monoisotopic (exact) mass is 323 g/mol. The minimum absolute atomic E-state index is 0.768. The molecule has 0 aliphatic rings. The van der Waals surface area contributed by atoms with Crippen LogP contribution in [-0.2, 0) is 13.1 Å². The lowest BCUT2D eigenvalue weighted by atomic mass is 10.1. The minimum atomic E-state index is 0.768. The lowest BCUT2D eigenvalue weighted by molar-refractivity contribution is -0.702. The van der Waals surface area contributed by atoms with Crippen LogP contribution in [0.2, 0.25) is 0 Å². The lowest BCUT2D eigenvalue weighted by Gasteiger charge is -2.03. The first kappa shape index (κ1) is 20.2. The van der Waals surface area contributed by atoms with E-state index in [1.165, 1.54) is 70.0 Å². The molecule has 0 aliphatic heterocycles. The Morgan fingerprint density at radius 1 is 0.783 bits per heavy atom. The normalized spacial score (nSPS) is 11.3. The maximum absolute atomic E-state index is 5.59. The Kier molecular flexibility index (Phi) is 11.9. The highest BCUT2D eigenvalue weighted by molar-refractivity contribution is 4.79. The van der Waals surface area contributed by atoms with E-state index < -0.39 is 0 Å². The van der Waals surface area contributed by atoms with Gasteiger partial charge < -0.3 is 11.5 Å². The molecule has 0 fully saturated rings. The quantitative estimate of drug-likeness (QED) is 0.384. The summed E-state index contributed by atoms with van der Waals surface area (Å²) >= 11 is 0. The number of unbranched alkanes of at least 4 members (excludes halogenated alkanes) is 9. The van der Waals surface area contributed by atoms with Crippen LogP contribution in [0.25, 0.3) is 0 Å². The number of hydrogen-bond acceptors (Lipinski definition) is 2. The average Bonchev–Trinajstić information content (AvgIpc) is 2.91. The zero-order valence-electron chi connectivity index (χ0n) is 15.3. The number of hydrogen-bond donors (Lipinski definition) is 2. The minimum Gasteiger partial charge on any atom is -0.330 e. The molecule has 0 bridgehead atoms. The molecule has 1 heterocycles. The number of nitrogens with two attached hydrogens (primary N) is 2. The van der Waals surface area contributed by atoms with Crippen LogP contribution in [0.5, 0.6) is 0 Å². The fourth-order valence-corrected chi connectivity index (χ4v) is 3.12. The number of aryl methyl sites for hydroxylation is 2. The Morgan fingerprint density at radius 2 is 1.30 bits per heavy atom. The summed E-state index contributed by atoms with van der Waals surface area (Å²) in [5.74, 6) is 1.36. The summed E-state index contributed by atoms with van der Waals surface area (Å²) in [6.07, 6.45) is 19.0. The van der Waals surface area contributed by atoms with Crippen LogP contribution >= 0.6 is 0 Å². The van der Waals surface area contributed by atoms with Crippen molar-refractivity contribution in [1.29, 1.82) is 0 Å². The van der Waals surface area contributed by atoms with Gasteiger partial charge in [-0.25, -0.2) is 9.13 Å². The largest absolute Gasteiger partial charge is 0.330 e. The Hall–Kier alpha value is -0.870. The molecule has 1 aromatic rings. The Bertz CT molecular complexity index is 387. The van der Waals surface area contributed by atoms with Crippen molar-refractivity contribution in [2.75, 3.05) is 13.1 Å². The second-order valence-corrected chi connectivity index (χ2v) is 6.70. The third kappa shape index (κ3) is 9.11. The molecule has 0 spiro atoms. The van der Waals surface area contributed by atoms with Gasteiger partial charge in [-0.05, 0) is 38.8 Å². The van der Waals surface area contributed by atoms with Crippen molar-refractivity contribution in [3.63, 3.8) is 0 Å². The van der Waals surface area contributed by atoms with E-state index in [1.807, 2.05) is 0 Å². The van der Waals surface area contributed by atoms with Gasteiger partial charge in [0, 0.05) is 6.92 Å². The van der Waals surface area contributed by atoms with Crippen LogP contribution < -0.4 is 16.0 Å². The highest BCUT2D eigenvalue weighted by atomic mass is 15.1. The molecule has 0 aliphatic carbocycles. The van der Waals surface area contributed by atoms with E-state index in [-0.39, 0.29) is 0 Å². The summed E-state index contributed by atoms with van der Waals surface area (Å²) in [6.45, 7) is 6.03. The average molecular weight is 324 g/mol. The van der Waals surface area contributed by atoms with Crippen molar-refractivity contribution in [3.05, 3.63) is 18.2 Å². The van der Waals surface area contributed by atoms with E-state index in [4.69, 9.17) is 11.5 Å². The molecular weight excluding hydrogens is 284 g/mol. The van der Waals surface area contributed by atoms with E-state index >= 15 is 0 Å². The van der Waals surface area contributed by atoms with Crippen molar-refractivity contribution < 1.29 is 4.57 Å². The fraction of sp³-hybridized carbons (Fsp3) is 0.842. The molecule has 4 heteroatoms. The number of nitrogens with zero attached hydrogens (tertiary/aromatic N) is 2. The third-order valence-electron chi connectivity index (χ3n) is 4.71. The van der Waals surface area contributed by atoms with Crippen molar-refractivity contribution in [1.82, 2.24) is 4.57 Å². The maximum atomic E-state index is 5.59. The van der Waals surface area contributed by atoms with E-state index in [0.717, 1.165) is 32.6 Å². The first-order valence-electron chi connectivity index (χ1n) is 9.75. The van der Waals surface area contributed by atoms with Crippen molar-refractivity contribution >= 4 is 0 Å². The van der Waals surface area contributed by atoms with Gasteiger partial charge in [0.15, 0.2) is 0 Å². The summed E-state index contributed by atoms with van der Waals surface area (Å²) < 4.78 is 4.70. The van der Waals surface area contributed by atoms with Crippen LogP contribution in [-0.4, -0.2) is 17.7 Å². The molecule has 0 unspecified atom stereocenters. The van der Waals surface area contributed by atoms with Gasteiger partial charge in [0.05, 0.1) is 13.1 Å². The van der Waals surface area contributed by atoms with Gasteiger partial charge in [-0.1, -0.05) is 44.9 Å². The molecule has 1 rings (SSSR count). The van der Waals surface area contributed by atoms with E-state index in [9.17, 15) is 0 Å². The Labute approximate surface area is 143 Å². The van der Waals surface area contributed by atoms with Gasteiger partial charge in [-0.15, -0.1) is 0 Å². The number of aromatic nitrogens is 2. The lowest BCUT2D eigenvalue weighted by Crippen LogP contribution is -2.36. The summed E-state index contributed by atoms with van der Waals surface area (Å²) in [4.78, 5) is 0. The fourth-order valence-electron chi connectivity index (χ4n) is 3.12. The summed E-state index contributed by atoms with van der Waals surface area (Å²) in [7, 11) is 0. The Morgan fingerprint density at radius 3 is 1.87 bits per heavy atom. The maximum Gasteiger partial charge on any atom is 0.253 e.